The highest BCUT2D eigenvalue weighted by molar-refractivity contribution is 6.19. The van der Waals surface area contributed by atoms with Gasteiger partial charge in [-0.05, 0) is 35.4 Å². The Morgan fingerprint density at radius 1 is 1.03 bits per heavy atom. The van der Waals surface area contributed by atoms with Crippen molar-refractivity contribution in [2.75, 3.05) is 25.2 Å². The van der Waals surface area contributed by atoms with E-state index in [4.69, 9.17) is 13.9 Å². The van der Waals surface area contributed by atoms with E-state index in [0.29, 0.717) is 30.2 Å². The van der Waals surface area contributed by atoms with E-state index in [2.05, 4.69) is 0 Å². The van der Waals surface area contributed by atoms with E-state index in [9.17, 15) is 14.7 Å². The number of hydrogen-bond acceptors (Lipinski definition) is 6. The minimum Gasteiger partial charge on any atom is -0.503 e. The number of methoxy groups -OCH3 is 1. The van der Waals surface area contributed by atoms with E-state index in [-0.39, 0.29) is 11.4 Å². The highest BCUT2D eigenvalue weighted by Crippen LogP contribution is 2.51. The van der Waals surface area contributed by atoms with Crippen molar-refractivity contribution in [3.05, 3.63) is 83.5 Å². The molecular formula is C26H23NO6. The third kappa shape index (κ3) is 3.32. The lowest BCUT2D eigenvalue weighted by atomic mass is 9.76. The van der Waals surface area contributed by atoms with Gasteiger partial charge >= 0.3 is 0 Å². The Labute approximate surface area is 190 Å². The number of aliphatic hydroxyl groups excluding tert-OH is 1. The number of fused-ring (bicyclic) bond motifs is 3. The number of nitrogens with zero attached hydrogens (tertiary/aromatic N) is 1. The van der Waals surface area contributed by atoms with Crippen LogP contribution in [0, 0.1) is 0 Å². The molecule has 1 aromatic heterocycles. The molecule has 2 aliphatic rings. The number of aliphatic hydroxyl groups is 1. The third-order valence-corrected chi connectivity index (χ3v) is 6.25. The van der Waals surface area contributed by atoms with Crippen LogP contribution in [0.2, 0.25) is 0 Å². The zero-order valence-electron chi connectivity index (χ0n) is 18.3. The predicted molar refractivity (Wildman–Crippen MR) is 121 cm³/mol. The molecule has 33 heavy (non-hydrogen) atoms. The Balaban J connectivity index is 1.62. The van der Waals surface area contributed by atoms with Crippen LogP contribution in [0.3, 0.4) is 0 Å². The highest BCUT2D eigenvalue weighted by atomic mass is 16.5. The summed E-state index contributed by atoms with van der Waals surface area (Å²) in [5.41, 5.74) is 4.02. The molecule has 0 bridgehead atoms. The molecule has 7 nitrogen and oxygen atoms in total. The van der Waals surface area contributed by atoms with E-state index >= 15 is 0 Å². The van der Waals surface area contributed by atoms with Gasteiger partial charge in [-0.2, -0.15) is 0 Å². The molecule has 0 saturated carbocycles. The van der Waals surface area contributed by atoms with Crippen LogP contribution in [0.25, 0.3) is 11.1 Å². The van der Waals surface area contributed by atoms with Crippen LogP contribution in [0.15, 0.2) is 76.8 Å². The molecule has 1 unspecified atom stereocenters. The first-order chi connectivity index (χ1) is 16.0. The van der Waals surface area contributed by atoms with Crippen LogP contribution >= 0.6 is 0 Å². The van der Waals surface area contributed by atoms with E-state index in [0.717, 1.165) is 16.7 Å². The number of ketones is 1. The number of ether oxygens (including phenoxy) is 2. The Hall–Kier alpha value is -3.84. The summed E-state index contributed by atoms with van der Waals surface area (Å²) in [6.45, 7) is 2.50. The van der Waals surface area contributed by atoms with Crippen molar-refractivity contribution in [3.8, 4) is 16.9 Å². The summed E-state index contributed by atoms with van der Waals surface area (Å²) in [4.78, 5) is 27.9. The van der Waals surface area contributed by atoms with Crippen LogP contribution in [0.5, 0.6) is 5.75 Å². The number of amides is 1. The smallest absolute Gasteiger partial charge is 0.294 e. The Morgan fingerprint density at radius 2 is 1.82 bits per heavy atom. The van der Waals surface area contributed by atoms with Gasteiger partial charge in [0.2, 0.25) is 0 Å². The van der Waals surface area contributed by atoms with Crippen molar-refractivity contribution in [2.24, 2.45) is 0 Å². The standard InChI is InChI=1S/C26H23NO6/c1-15-19-4-3-5-20(33-13-12-31-2)21(19)23-22(24(15)28)25(29)26(30)27(23)18-8-6-16(7-9-18)17-10-11-32-14-17/h3-11,14-15,23,29H,12-13H2,1-2H3/t15?,23-/m1/s1. The number of furan rings is 1. The van der Waals surface area contributed by atoms with Crippen molar-refractivity contribution < 1.29 is 28.6 Å². The fourth-order valence-corrected chi connectivity index (χ4v) is 4.61. The Kier molecular flexibility index (Phi) is 5.26. The van der Waals surface area contributed by atoms with Crippen LogP contribution < -0.4 is 9.64 Å². The average Bonchev–Trinajstić information content (AvgIpc) is 3.45. The lowest BCUT2D eigenvalue weighted by Crippen LogP contribution is -2.35. The zero-order valence-corrected chi connectivity index (χ0v) is 18.3. The quantitative estimate of drug-likeness (QED) is 0.560. The van der Waals surface area contributed by atoms with Gasteiger partial charge in [0.05, 0.1) is 30.7 Å². The van der Waals surface area contributed by atoms with Crippen molar-refractivity contribution in [2.45, 2.75) is 18.9 Å². The second-order valence-electron chi connectivity index (χ2n) is 8.09. The average molecular weight is 445 g/mol. The molecule has 1 aliphatic heterocycles. The topological polar surface area (TPSA) is 89.2 Å². The van der Waals surface area contributed by atoms with Crippen LogP contribution in [0.1, 0.15) is 30.0 Å². The second kappa shape index (κ2) is 8.26. The van der Waals surface area contributed by atoms with Crippen LogP contribution in [-0.4, -0.2) is 37.1 Å². The number of rotatable bonds is 6. The highest BCUT2D eigenvalue weighted by Gasteiger charge is 2.50. The van der Waals surface area contributed by atoms with E-state index in [1.807, 2.05) is 36.4 Å². The molecule has 0 spiro atoms. The number of anilines is 1. The maximum absolute atomic E-state index is 13.2. The third-order valence-electron chi connectivity index (χ3n) is 6.25. The van der Waals surface area contributed by atoms with Gasteiger partial charge in [0.15, 0.2) is 11.5 Å². The van der Waals surface area contributed by atoms with Crippen molar-refractivity contribution >= 4 is 17.4 Å². The van der Waals surface area contributed by atoms with E-state index < -0.39 is 23.6 Å². The molecule has 0 radical (unpaired) electrons. The monoisotopic (exact) mass is 445 g/mol. The summed E-state index contributed by atoms with van der Waals surface area (Å²) >= 11 is 0. The zero-order chi connectivity index (χ0) is 23.1. The molecule has 0 saturated heterocycles. The largest absolute Gasteiger partial charge is 0.503 e. The number of benzene rings is 2. The molecule has 2 atom stereocenters. The predicted octanol–water partition coefficient (Wildman–Crippen LogP) is 4.56. The van der Waals surface area contributed by atoms with Gasteiger partial charge in [0, 0.05) is 29.8 Å². The molecule has 1 amide bonds. The summed E-state index contributed by atoms with van der Waals surface area (Å²) in [6, 6.07) is 13.9. The second-order valence-corrected chi connectivity index (χ2v) is 8.09. The molecule has 7 heteroatoms. The lowest BCUT2D eigenvalue weighted by Gasteiger charge is -2.34. The van der Waals surface area contributed by atoms with Gasteiger partial charge in [0.25, 0.3) is 5.91 Å². The first-order valence-corrected chi connectivity index (χ1v) is 10.7. The minimum atomic E-state index is -0.769. The Bertz CT molecular complexity index is 1240. The molecule has 1 aliphatic carbocycles. The molecular weight excluding hydrogens is 422 g/mol. The molecule has 1 N–H and O–H groups in total. The van der Waals surface area contributed by atoms with Crippen LogP contribution in [-0.2, 0) is 14.3 Å². The molecule has 2 heterocycles. The minimum absolute atomic E-state index is 0.113. The summed E-state index contributed by atoms with van der Waals surface area (Å²) in [5, 5.41) is 10.7. The van der Waals surface area contributed by atoms with Crippen molar-refractivity contribution in [3.63, 3.8) is 0 Å². The summed E-state index contributed by atoms with van der Waals surface area (Å²) in [5.74, 6) is -1.31. The summed E-state index contributed by atoms with van der Waals surface area (Å²) < 4.78 is 16.2. The first-order valence-electron chi connectivity index (χ1n) is 10.7. The normalized spacial score (nSPS) is 19.6. The van der Waals surface area contributed by atoms with Gasteiger partial charge in [-0.15, -0.1) is 0 Å². The summed E-state index contributed by atoms with van der Waals surface area (Å²) in [6.07, 6.45) is 3.24. The van der Waals surface area contributed by atoms with Gasteiger partial charge in [-0.3, -0.25) is 14.5 Å². The fraction of sp³-hybridized carbons (Fsp3) is 0.231. The van der Waals surface area contributed by atoms with Crippen LogP contribution in [0.4, 0.5) is 5.69 Å². The SMILES string of the molecule is COCCOc1cccc2c1[C@@H]1C(=C(O)C(=O)N1c1ccc(-c3ccoc3)cc1)C(=O)C2C. The molecule has 3 aromatic rings. The number of carbonyl (C=O) groups is 2. The van der Waals surface area contributed by atoms with Gasteiger partial charge in [0.1, 0.15) is 12.4 Å². The van der Waals surface area contributed by atoms with Crippen molar-refractivity contribution in [1.29, 1.82) is 0 Å². The Morgan fingerprint density at radius 3 is 2.52 bits per heavy atom. The molecule has 5 rings (SSSR count). The van der Waals surface area contributed by atoms with E-state index in [1.165, 1.54) is 4.90 Å². The molecule has 0 fully saturated rings. The first kappa shape index (κ1) is 21.0. The number of hydrogen-bond donors (Lipinski definition) is 1. The maximum atomic E-state index is 13.2. The lowest BCUT2D eigenvalue weighted by molar-refractivity contribution is -0.118. The molecule has 168 valence electrons. The van der Waals surface area contributed by atoms with Gasteiger partial charge in [-0.1, -0.05) is 31.2 Å². The maximum Gasteiger partial charge on any atom is 0.294 e. The van der Waals surface area contributed by atoms with Gasteiger partial charge < -0.3 is 19.0 Å². The number of Topliss-reactive ketones (excluding diaryl/α,β-unsaturated/α-hetero) is 1. The summed E-state index contributed by atoms with van der Waals surface area (Å²) in [7, 11) is 1.59. The van der Waals surface area contributed by atoms with E-state index in [1.54, 1.807) is 38.7 Å². The van der Waals surface area contributed by atoms with Gasteiger partial charge in [-0.25, -0.2) is 0 Å². The molecule has 2 aromatic carbocycles. The fourth-order valence-electron chi connectivity index (χ4n) is 4.61. The van der Waals surface area contributed by atoms with Crippen molar-refractivity contribution in [1.82, 2.24) is 0 Å². The number of carbonyl (C=O) groups excluding carboxylic acids is 2.